The number of nitrogens with zero attached hydrogens (tertiary/aromatic N) is 2. The van der Waals surface area contributed by atoms with Crippen LogP contribution >= 0.6 is 0 Å². The first-order chi connectivity index (χ1) is 10.2. The van der Waals surface area contributed by atoms with Gasteiger partial charge in [-0.3, -0.25) is 9.78 Å². The van der Waals surface area contributed by atoms with E-state index in [4.69, 9.17) is 0 Å². The van der Waals surface area contributed by atoms with Gasteiger partial charge in [0.1, 0.15) is 0 Å². The maximum Gasteiger partial charge on any atom is 0.396 e. The molecule has 2 rings (SSSR count). The van der Waals surface area contributed by atoms with Crippen molar-refractivity contribution in [1.29, 1.82) is 0 Å². The summed E-state index contributed by atoms with van der Waals surface area (Å²) >= 11 is 0. The van der Waals surface area contributed by atoms with E-state index in [0.717, 1.165) is 31.6 Å². The molecule has 21 heavy (non-hydrogen) atoms. The predicted octanol–water partition coefficient (Wildman–Crippen LogP) is 0.977. The lowest BCUT2D eigenvalue weighted by Gasteiger charge is -2.33. The Labute approximate surface area is 124 Å². The van der Waals surface area contributed by atoms with Crippen LogP contribution in [0, 0.1) is 5.92 Å². The van der Waals surface area contributed by atoms with Crippen LogP contribution in [-0.2, 0) is 14.3 Å². The van der Waals surface area contributed by atoms with Gasteiger partial charge in [-0.2, -0.15) is 0 Å². The van der Waals surface area contributed by atoms with Crippen LogP contribution in [0.3, 0.4) is 0 Å². The van der Waals surface area contributed by atoms with E-state index in [1.165, 1.54) is 0 Å². The van der Waals surface area contributed by atoms with Gasteiger partial charge in [0.25, 0.3) is 0 Å². The topological polar surface area (TPSA) is 71.5 Å². The van der Waals surface area contributed by atoms with E-state index in [1.54, 1.807) is 13.1 Å². The highest BCUT2D eigenvalue weighted by Gasteiger charge is 2.21. The first kappa shape index (κ1) is 15.3. The van der Waals surface area contributed by atoms with Crippen molar-refractivity contribution in [3.63, 3.8) is 0 Å². The quantitative estimate of drug-likeness (QED) is 0.661. The number of hydrogen-bond donors (Lipinski definition) is 1. The van der Waals surface area contributed by atoms with Crippen molar-refractivity contribution in [2.24, 2.45) is 5.92 Å². The van der Waals surface area contributed by atoms with E-state index in [1.807, 2.05) is 12.3 Å². The van der Waals surface area contributed by atoms with E-state index in [-0.39, 0.29) is 6.61 Å². The smallest absolute Gasteiger partial charge is 0.396 e. The van der Waals surface area contributed by atoms with Crippen LogP contribution in [0.4, 0.5) is 5.69 Å². The summed E-state index contributed by atoms with van der Waals surface area (Å²) in [5.74, 6) is -1.05. The third-order valence-corrected chi connectivity index (χ3v) is 3.64. The number of hydrogen-bond acceptors (Lipinski definition) is 5. The van der Waals surface area contributed by atoms with Crippen LogP contribution in [-0.4, -0.2) is 43.1 Å². The maximum absolute atomic E-state index is 11.5. The van der Waals surface area contributed by atoms with Gasteiger partial charge in [-0.15, -0.1) is 0 Å². The van der Waals surface area contributed by atoms with Crippen LogP contribution in [0.5, 0.6) is 0 Å². The summed E-state index contributed by atoms with van der Waals surface area (Å²) in [6.07, 6.45) is 5.60. The number of amides is 1. The van der Waals surface area contributed by atoms with Gasteiger partial charge in [-0.05, 0) is 37.8 Å². The highest BCUT2D eigenvalue weighted by Crippen LogP contribution is 2.21. The minimum atomic E-state index is -0.801. The van der Waals surface area contributed by atoms with Gasteiger partial charge in [0.2, 0.25) is 0 Å². The fraction of sp³-hybridized carbons (Fsp3) is 0.533. The molecule has 6 nitrogen and oxygen atoms in total. The van der Waals surface area contributed by atoms with E-state index >= 15 is 0 Å². The number of carbonyl (C=O) groups is 2. The van der Waals surface area contributed by atoms with Gasteiger partial charge in [0, 0.05) is 25.8 Å². The molecule has 0 unspecified atom stereocenters. The molecular formula is C15H21N3O3. The third-order valence-electron chi connectivity index (χ3n) is 3.64. The van der Waals surface area contributed by atoms with E-state index in [9.17, 15) is 9.59 Å². The Hall–Kier alpha value is -2.11. The van der Waals surface area contributed by atoms with Gasteiger partial charge in [0.05, 0.1) is 18.5 Å². The first-order valence-electron chi connectivity index (χ1n) is 7.30. The molecule has 1 aromatic heterocycles. The third kappa shape index (κ3) is 4.44. The van der Waals surface area contributed by atoms with Gasteiger partial charge in [-0.1, -0.05) is 0 Å². The zero-order valence-corrected chi connectivity index (χ0v) is 12.2. The lowest BCUT2D eigenvalue weighted by molar-refractivity contribution is -0.154. The lowest BCUT2D eigenvalue weighted by Crippen LogP contribution is -2.40. The van der Waals surface area contributed by atoms with Gasteiger partial charge in [0.15, 0.2) is 0 Å². The van der Waals surface area contributed by atoms with Crippen molar-refractivity contribution in [2.45, 2.75) is 19.8 Å². The number of aromatic nitrogens is 1. The number of anilines is 1. The fourth-order valence-electron chi connectivity index (χ4n) is 2.44. The molecule has 0 spiro atoms. The summed E-state index contributed by atoms with van der Waals surface area (Å²) < 4.78 is 4.65. The van der Waals surface area contributed by atoms with Crippen molar-refractivity contribution in [1.82, 2.24) is 10.3 Å². The summed E-state index contributed by atoms with van der Waals surface area (Å²) in [6, 6.07) is 3.98. The molecule has 0 bridgehead atoms. The Morgan fingerprint density at radius 1 is 1.43 bits per heavy atom. The first-order valence-corrected chi connectivity index (χ1v) is 7.30. The predicted molar refractivity (Wildman–Crippen MR) is 78.8 cm³/mol. The molecule has 0 atom stereocenters. The van der Waals surface area contributed by atoms with Crippen molar-refractivity contribution >= 4 is 17.6 Å². The Bertz CT molecular complexity index is 470. The van der Waals surface area contributed by atoms with Crippen molar-refractivity contribution < 1.29 is 14.3 Å². The summed E-state index contributed by atoms with van der Waals surface area (Å²) in [6.45, 7) is 4.30. The molecule has 6 heteroatoms. The number of pyridine rings is 1. The Morgan fingerprint density at radius 2 is 2.19 bits per heavy atom. The summed E-state index contributed by atoms with van der Waals surface area (Å²) in [5.41, 5.74) is 1.13. The van der Waals surface area contributed by atoms with Crippen LogP contribution < -0.4 is 10.2 Å². The van der Waals surface area contributed by atoms with E-state index < -0.39 is 11.9 Å². The van der Waals surface area contributed by atoms with Gasteiger partial charge in [-0.25, -0.2) is 4.79 Å². The van der Waals surface area contributed by atoms with Crippen molar-refractivity contribution in [3.8, 4) is 0 Å². The molecule has 2 heterocycles. The monoisotopic (exact) mass is 291 g/mol. The second kappa shape index (κ2) is 7.61. The molecule has 1 aliphatic heterocycles. The number of piperidine rings is 1. The number of esters is 1. The van der Waals surface area contributed by atoms with Crippen molar-refractivity contribution in [3.05, 3.63) is 24.5 Å². The Kier molecular flexibility index (Phi) is 5.54. The van der Waals surface area contributed by atoms with Crippen LogP contribution in [0.1, 0.15) is 19.8 Å². The van der Waals surface area contributed by atoms with Crippen LogP contribution in [0.25, 0.3) is 0 Å². The molecule has 114 valence electrons. The summed E-state index contributed by atoms with van der Waals surface area (Å²) in [5, 5.41) is 2.65. The minimum Gasteiger partial charge on any atom is -0.459 e. The normalized spacial score (nSPS) is 15.6. The SMILES string of the molecule is CCOC(=O)C(=O)NCC1CCN(c2cccnc2)CC1. The van der Waals surface area contributed by atoms with Crippen molar-refractivity contribution in [2.75, 3.05) is 31.1 Å². The molecule has 1 aromatic rings. The summed E-state index contributed by atoms with van der Waals surface area (Å²) in [4.78, 5) is 29.1. The molecule has 0 radical (unpaired) electrons. The zero-order chi connectivity index (χ0) is 15.1. The second-order valence-electron chi connectivity index (χ2n) is 5.07. The van der Waals surface area contributed by atoms with E-state index in [0.29, 0.717) is 12.5 Å². The standard InChI is InChI=1S/C15H21N3O3/c1-2-21-15(20)14(19)17-10-12-5-8-18(9-6-12)13-4-3-7-16-11-13/h3-4,7,11-12H,2,5-6,8-10H2,1H3,(H,17,19). The molecule has 1 aliphatic rings. The number of rotatable bonds is 4. The molecule has 0 saturated carbocycles. The van der Waals surface area contributed by atoms with Crippen LogP contribution in [0.15, 0.2) is 24.5 Å². The molecule has 0 aromatic carbocycles. The maximum atomic E-state index is 11.5. The van der Waals surface area contributed by atoms with Crippen LogP contribution in [0.2, 0.25) is 0 Å². The molecule has 1 saturated heterocycles. The Balaban J connectivity index is 1.72. The average molecular weight is 291 g/mol. The molecular weight excluding hydrogens is 270 g/mol. The highest BCUT2D eigenvalue weighted by atomic mass is 16.5. The van der Waals surface area contributed by atoms with E-state index in [2.05, 4.69) is 26.0 Å². The van der Waals surface area contributed by atoms with Gasteiger partial charge >= 0.3 is 11.9 Å². The number of carbonyl (C=O) groups excluding carboxylic acids is 2. The largest absolute Gasteiger partial charge is 0.459 e. The minimum absolute atomic E-state index is 0.218. The average Bonchev–Trinajstić information content (AvgIpc) is 2.54. The fourth-order valence-corrected chi connectivity index (χ4v) is 2.44. The molecule has 1 N–H and O–H groups in total. The zero-order valence-electron chi connectivity index (χ0n) is 12.2. The van der Waals surface area contributed by atoms with Gasteiger partial charge < -0.3 is 15.0 Å². The number of nitrogens with one attached hydrogen (secondary N) is 1. The number of ether oxygens (including phenoxy) is 1. The lowest BCUT2D eigenvalue weighted by atomic mass is 9.96. The molecule has 1 amide bonds. The molecule has 0 aliphatic carbocycles. The second-order valence-corrected chi connectivity index (χ2v) is 5.07. The summed E-state index contributed by atoms with van der Waals surface area (Å²) in [7, 11) is 0. The Morgan fingerprint density at radius 3 is 2.81 bits per heavy atom. The molecule has 1 fully saturated rings. The highest BCUT2D eigenvalue weighted by molar-refractivity contribution is 6.32.